The number of nitrogens with zero attached hydrogens (tertiary/aromatic N) is 2. The molecule has 108 valence electrons. The zero-order chi connectivity index (χ0) is 14.7. The van der Waals surface area contributed by atoms with Crippen molar-refractivity contribution in [3.63, 3.8) is 0 Å². The van der Waals surface area contributed by atoms with Crippen molar-refractivity contribution < 1.29 is 8.42 Å². The lowest BCUT2D eigenvalue weighted by Crippen LogP contribution is -2.48. The zero-order valence-electron chi connectivity index (χ0n) is 12.1. The third-order valence-electron chi connectivity index (χ3n) is 3.20. The first-order valence-corrected chi connectivity index (χ1v) is 7.49. The van der Waals surface area contributed by atoms with Crippen molar-refractivity contribution in [2.75, 3.05) is 33.0 Å². The number of sulfonamides is 1. The van der Waals surface area contributed by atoms with Gasteiger partial charge in [-0.3, -0.25) is 0 Å². The second kappa shape index (κ2) is 5.85. The summed E-state index contributed by atoms with van der Waals surface area (Å²) in [5.41, 5.74) is 0.208. The Morgan fingerprint density at radius 3 is 2.53 bits per heavy atom. The van der Waals surface area contributed by atoms with Gasteiger partial charge in [0.1, 0.15) is 0 Å². The monoisotopic (exact) mass is 286 g/mol. The highest BCUT2D eigenvalue weighted by Crippen LogP contribution is 2.18. The van der Waals surface area contributed by atoms with E-state index >= 15 is 0 Å². The molecule has 0 aliphatic rings. The summed E-state index contributed by atoms with van der Waals surface area (Å²) >= 11 is 0. The number of rotatable bonds is 6. The van der Waals surface area contributed by atoms with Crippen LogP contribution in [0.5, 0.6) is 0 Å². The average Bonchev–Trinajstić information content (AvgIpc) is 2.36. The van der Waals surface area contributed by atoms with Crippen LogP contribution in [0.4, 0.5) is 5.69 Å². The van der Waals surface area contributed by atoms with Gasteiger partial charge in [0.2, 0.25) is 0 Å². The standard InChI is InChI=1S/C12H22N4O2S/c1-12(2,16(4)5)9-15-19(17,18)11-10(13-3)7-6-8-14-11/h6-8,13,15H,9H2,1-5H3. The van der Waals surface area contributed by atoms with Gasteiger partial charge in [0.05, 0.1) is 5.69 Å². The maximum atomic E-state index is 12.2. The first-order chi connectivity index (χ1) is 8.70. The fourth-order valence-corrected chi connectivity index (χ4v) is 2.63. The van der Waals surface area contributed by atoms with Gasteiger partial charge in [0.25, 0.3) is 10.0 Å². The van der Waals surface area contributed by atoms with Gasteiger partial charge in [-0.05, 0) is 40.1 Å². The molecule has 0 fully saturated rings. The molecule has 0 bridgehead atoms. The first kappa shape index (κ1) is 15.9. The predicted molar refractivity (Wildman–Crippen MR) is 76.7 cm³/mol. The van der Waals surface area contributed by atoms with Crippen LogP contribution in [-0.2, 0) is 10.0 Å². The highest BCUT2D eigenvalue weighted by atomic mass is 32.2. The van der Waals surface area contributed by atoms with Crippen molar-refractivity contribution in [3.8, 4) is 0 Å². The molecule has 0 radical (unpaired) electrons. The molecule has 7 heteroatoms. The molecule has 0 aliphatic carbocycles. The maximum Gasteiger partial charge on any atom is 0.260 e. The number of pyridine rings is 1. The van der Waals surface area contributed by atoms with Crippen LogP contribution in [0.15, 0.2) is 23.4 Å². The third-order valence-corrected chi connectivity index (χ3v) is 4.56. The van der Waals surface area contributed by atoms with E-state index in [1.807, 2.05) is 32.8 Å². The molecule has 0 unspecified atom stereocenters. The van der Waals surface area contributed by atoms with Crippen LogP contribution >= 0.6 is 0 Å². The molecular weight excluding hydrogens is 264 g/mol. The minimum Gasteiger partial charge on any atom is -0.386 e. The van der Waals surface area contributed by atoms with Crippen LogP contribution in [0.25, 0.3) is 0 Å². The van der Waals surface area contributed by atoms with Crippen LogP contribution in [0, 0.1) is 0 Å². The fraction of sp³-hybridized carbons (Fsp3) is 0.583. The number of hydrogen-bond acceptors (Lipinski definition) is 5. The Morgan fingerprint density at radius 1 is 1.37 bits per heavy atom. The van der Waals surface area contributed by atoms with Gasteiger partial charge in [-0.2, -0.15) is 0 Å². The summed E-state index contributed by atoms with van der Waals surface area (Å²) in [6.45, 7) is 4.24. The maximum absolute atomic E-state index is 12.2. The highest BCUT2D eigenvalue weighted by Gasteiger charge is 2.26. The molecule has 1 heterocycles. The molecular formula is C12H22N4O2S. The summed E-state index contributed by atoms with van der Waals surface area (Å²) in [5.74, 6) is 0. The van der Waals surface area contributed by atoms with E-state index in [0.717, 1.165) is 0 Å². The smallest absolute Gasteiger partial charge is 0.260 e. The van der Waals surface area contributed by atoms with Crippen LogP contribution in [0.3, 0.4) is 0 Å². The quantitative estimate of drug-likeness (QED) is 0.807. The Bertz CT molecular complexity index is 526. The Balaban J connectivity index is 2.94. The Labute approximate surface area is 115 Å². The van der Waals surface area contributed by atoms with Gasteiger partial charge in [-0.1, -0.05) is 0 Å². The number of anilines is 1. The van der Waals surface area contributed by atoms with E-state index in [-0.39, 0.29) is 10.6 Å². The van der Waals surface area contributed by atoms with Crippen LogP contribution in [0.1, 0.15) is 13.8 Å². The van der Waals surface area contributed by atoms with Gasteiger partial charge in [0.15, 0.2) is 5.03 Å². The third kappa shape index (κ3) is 3.89. The predicted octanol–water partition coefficient (Wildman–Crippen LogP) is 0.742. The second-order valence-corrected chi connectivity index (χ2v) is 6.82. The van der Waals surface area contributed by atoms with Crippen molar-refractivity contribution in [2.45, 2.75) is 24.4 Å². The molecule has 0 amide bonds. The Hall–Kier alpha value is -1.18. The van der Waals surface area contributed by atoms with Crippen LogP contribution in [-0.4, -0.2) is 51.5 Å². The highest BCUT2D eigenvalue weighted by molar-refractivity contribution is 7.89. The molecule has 19 heavy (non-hydrogen) atoms. The molecule has 2 N–H and O–H groups in total. The van der Waals surface area contributed by atoms with Crippen molar-refractivity contribution in [1.82, 2.24) is 14.6 Å². The van der Waals surface area contributed by atoms with Crippen molar-refractivity contribution in [2.24, 2.45) is 0 Å². The van der Waals surface area contributed by atoms with Gasteiger partial charge in [-0.25, -0.2) is 18.1 Å². The van der Waals surface area contributed by atoms with E-state index < -0.39 is 10.0 Å². The summed E-state index contributed by atoms with van der Waals surface area (Å²) in [5, 5.41) is 2.85. The van der Waals surface area contributed by atoms with Gasteiger partial charge < -0.3 is 10.2 Å². The lowest BCUT2D eigenvalue weighted by atomic mass is 10.1. The molecule has 6 nitrogen and oxygen atoms in total. The average molecular weight is 286 g/mol. The largest absolute Gasteiger partial charge is 0.386 e. The molecule has 0 atom stereocenters. The summed E-state index contributed by atoms with van der Waals surface area (Å²) in [7, 11) is 1.87. The topological polar surface area (TPSA) is 74.3 Å². The molecule has 1 aromatic heterocycles. The number of hydrogen-bond donors (Lipinski definition) is 2. The zero-order valence-corrected chi connectivity index (χ0v) is 12.9. The molecule has 0 aromatic carbocycles. The summed E-state index contributed by atoms with van der Waals surface area (Å²) in [6, 6.07) is 3.37. The van der Waals surface area contributed by atoms with Crippen LogP contribution in [0.2, 0.25) is 0 Å². The van der Waals surface area contributed by atoms with Gasteiger partial charge in [0, 0.05) is 25.3 Å². The molecule has 0 saturated carbocycles. The Morgan fingerprint density at radius 2 is 2.00 bits per heavy atom. The van der Waals surface area contributed by atoms with E-state index in [9.17, 15) is 8.42 Å². The van der Waals surface area contributed by atoms with E-state index in [4.69, 9.17) is 0 Å². The van der Waals surface area contributed by atoms with Gasteiger partial charge >= 0.3 is 0 Å². The minimum absolute atomic E-state index is 0.0204. The molecule has 1 aromatic rings. The Kier molecular flexibility index (Phi) is 4.89. The van der Waals surface area contributed by atoms with E-state index in [1.54, 1.807) is 19.2 Å². The normalized spacial score (nSPS) is 12.7. The number of aromatic nitrogens is 1. The number of nitrogens with one attached hydrogen (secondary N) is 2. The molecule has 0 saturated heterocycles. The lowest BCUT2D eigenvalue weighted by molar-refractivity contribution is 0.199. The van der Waals surface area contributed by atoms with E-state index in [1.165, 1.54) is 6.20 Å². The van der Waals surface area contributed by atoms with Crippen molar-refractivity contribution in [3.05, 3.63) is 18.3 Å². The molecule has 0 aliphatic heterocycles. The van der Waals surface area contributed by atoms with Crippen molar-refractivity contribution >= 4 is 15.7 Å². The fourth-order valence-electron chi connectivity index (χ4n) is 1.29. The van der Waals surface area contributed by atoms with Crippen LogP contribution < -0.4 is 10.0 Å². The van der Waals surface area contributed by atoms with E-state index in [0.29, 0.717) is 12.2 Å². The second-order valence-electron chi connectivity index (χ2n) is 5.14. The lowest BCUT2D eigenvalue weighted by Gasteiger charge is -2.32. The summed E-state index contributed by atoms with van der Waals surface area (Å²) in [6.07, 6.45) is 1.46. The summed E-state index contributed by atoms with van der Waals surface area (Å²) in [4.78, 5) is 5.91. The molecule has 1 rings (SSSR count). The minimum atomic E-state index is -3.62. The SMILES string of the molecule is CNc1cccnc1S(=O)(=O)NCC(C)(C)N(C)C. The molecule has 0 spiro atoms. The van der Waals surface area contributed by atoms with Crippen molar-refractivity contribution in [1.29, 1.82) is 0 Å². The number of likely N-dealkylation sites (N-methyl/N-ethyl adjacent to an activating group) is 1. The summed E-state index contributed by atoms with van der Waals surface area (Å²) < 4.78 is 27.1. The van der Waals surface area contributed by atoms with E-state index in [2.05, 4.69) is 15.0 Å². The first-order valence-electron chi connectivity index (χ1n) is 6.00. The van der Waals surface area contributed by atoms with Gasteiger partial charge in [-0.15, -0.1) is 0 Å².